The lowest BCUT2D eigenvalue weighted by molar-refractivity contribution is -0.121. The van der Waals surface area contributed by atoms with Crippen LogP contribution in [0, 0.1) is 6.92 Å². The van der Waals surface area contributed by atoms with Gasteiger partial charge in [0.15, 0.2) is 5.65 Å². The van der Waals surface area contributed by atoms with Gasteiger partial charge >= 0.3 is 0 Å². The Labute approximate surface area is 141 Å². The van der Waals surface area contributed by atoms with Gasteiger partial charge < -0.3 is 5.32 Å². The Hall–Kier alpha value is -2.69. The van der Waals surface area contributed by atoms with Crippen LogP contribution in [-0.2, 0) is 11.3 Å². The standard InChI is InChI=1S/C19H22N4O/c1-3-4-11-20-17(24)13-23-19-18(14(2)22-23)16(10-12-21-19)15-8-6-5-7-9-15/h5-10,12H,3-4,11,13H2,1-2H3,(H,20,24). The maximum absolute atomic E-state index is 12.1. The predicted octanol–water partition coefficient (Wildman–Crippen LogP) is 3.32. The summed E-state index contributed by atoms with van der Waals surface area (Å²) in [5, 5.41) is 8.47. The smallest absolute Gasteiger partial charge is 0.241 e. The summed E-state index contributed by atoms with van der Waals surface area (Å²) in [6.07, 6.45) is 3.82. The van der Waals surface area contributed by atoms with Gasteiger partial charge in [0, 0.05) is 18.1 Å². The van der Waals surface area contributed by atoms with Crippen LogP contribution in [0.3, 0.4) is 0 Å². The van der Waals surface area contributed by atoms with E-state index in [1.54, 1.807) is 10.9 Å². The van der Waals surface area contributed by atoms with Crippen LogP contribution in [0.2, 0.25) is 0 Å². The molecule has 0 unspecified atom stereocenters. The van der Waals surface area contributed by atoms with Crippen molar-refractivity contribution in [2.75, 3.05) is 6.54 Å². The molecule has 1 N–H and O–H groups in total. The van der Waals surface area contributed by atoms with Gasteiger partial charge in [-0.25, -0.2) is 9.67 Å². The summed E-state index contributed by atoms with van der Waals surface area (Å²) < 4.78 is 1.69. The van der Waals surface area contributed by atoms with Crippen molar-refractivity contribution < 1.29 is 4.79 Å². The van der Waals surface area contributed by atoms with E-state index in [2.05, 4.69) is 34.5 Å². The van der Waals surface area contributed by atoms with E-state index in [-0.39, 0.29) is 12.5 Å². The van der Waals surface area contributed by atoms with Crippen molar-refractivity contribution in [1.29, 1.82) is 0 Å². The summed E-state index contributed by atoms with van der Waals surface area (Å²) in [4.78, 5) is 16.6. The van der Waals surface area contributed by atoms with Gasteiger partial charge in [-0.3, -0.25) is 4.79 Å². The van der Waals surface area contributed by atoms with E-state index in [0.717, 1.165) is 40.7 Å². The van der Waals surface area contributed by atoms with Gasteiger partial charge in [-0.15, -0.1) is 0 Å². The lowest BCUT2D eigenvalue weighted by Gasteiger charge is -2.06. The molecule has 2 heterocycles. The molecular weight excluding hydrogens is 300 g/mol. The largest absolute Gasteiger partial charge is 0.354 e. The average Bonchev–Trinajstić information content (AvgIpc) is 2.92. The van der Waals surface area contributed by atoms with E-state index in [9.17, 15) is 4.79 Å². The molecule has 0 fully saturated rings. The number of aromatic nitrogens is 3. The number of hydrogen-bond acceptors (Lipinski definition) is 3. The van der Waals surface area contributed by atoms with Gasteiger partial charge in [0.1, 0.15) is 6.54 Å². The first-order valence-electron chi connectivity index (χ1n) is 8.35. The minimum Gasteiger partial charge on any atom is -0.354 e. The van der Waals surface area contributed by atoms with Gasteiger partial charge in [0.2, 0.25) is 5.91 Å². The fourth-order valence-electron chi connectivity index (χ4n) is 2.85. The van der Waals surface area contributed by atoms with Crippen LogP contribution in [0.4, 0.5) is 0 Å². The topological polar surface area (TPSA) is 59.8 Å². The summed E-state index contributed by atoms with van der Waals surface area (Å²) in [5.41, 5.74) is 3.86. The molecule has 0 saturated carbocycles. The fourth-order valence-corrected chi connectivity index (χ4v) is 2.85. The summed E-state index contributed by atoms with van der Waals surface area (Å²) in [5.74, 6) is -0.0280. The van der Waals surface area contributed by atoms with Crippen molar-refractivity contribution in [3.05, 3.63) is 48.3 Å². The Morgan fingerprint density at radius 1 is 1.21 bits per heavy atom. The Balaban J connectivity index is 1.93. The molecule has 1 amide bonds. The van der Waals surface area contributed by atoms with Crippen LogP contribution in [0.1, 0.15) is 25.5 Å². The van der Waals surface area contributed by atoms with Crippen molar-refractivity contribution in [3.8, 4) is 11.1 Å². The molecule has 5 heteroatoms. The molecule has 0 aliphatic rings. The Morgan fingerprint density at radius 3 is 2.75 bits per heavy atom. The van der Waals surface area contributed by atoms with Gasteiger partial charge in [0.05, 0.1) is 5.69 Å². The highest BCUT2D eigenvalue weighted by Crippen LogP contribution is 2.29. The number of fused-ring (bicyclic) bond motifs is 1. The molecule has 2 aromatic heterocycles. The number of amides is 1. The number of aryl methyl sites for hydroxylation is 1. The highest BCUT2D eigenvalue weighted by molar-refractivity contribution is 5.95. The van der Waals surface area contributed by atoms with Gasteiger partial charge in [0.25, 0.3) is 0 Å². The number of pyridine rings is 1. The minimum atomic E-state index is -0.0280. The molecule has 0 aliphatic heterocycles. The molecule has 0 bridgehead atoms. The van der Waals surface area contributed by atoms with Gasteiger partial charge in [-0.05, 0) is 30.5 Å². The lowest BCUT2D eigenvalue weighted by atomic mass is 10.0. The maximum atomic E-state index is 12.1. The zero-order chi connectivity index (χ0) is 16.9. The third-order valence-corrected chi connectivity index (χ3v) is 4.04. The predicted molar refractivity (Wildman–Crippen MR) is 95.6 cm³/mol. The third-order valence-electron chi connectivity index (χ3n) is 4.04. The molecule has 3 aromatic rings. The number of unbranched alkanes of at least 4 members (excludes halogenated alkanes) is 1. The number of rotatable bonds is 6. The lowest BCUT2D eigenvalue weighted by Crippen LogP contribution is -2.28. The molecular formula is C19H22N4O. The highest BCUT2D eigenvalue weighted by atomic mass is 16.2. The summed E-state index contributed by atoms with van der Waals surface area (Å²) in [7, 11) is 0. The molecule has 0 aliphatic carbocycles. The van der Waals surface area contributed by atoms with Gasteiger partial charge in [-0.2, -0.15) is 5.10 Å². The van der Waals surface area contributed by atoms with Crippen molar-refractivity contribution in [2.45, 2.75) is 33.2 Å². The van der Waals surface area contributed by atoms with Crippen molar-refractivity contribution >= 4 is 16.9 Å². The maximum Gasteiger partial charge on any atom is 0.241 e. The van der Waals surface area contributed by atoms with E-state index in [0.29, 0.717) is 6.54 Å². The van der Waals surface area contributed by atoms with E-state index < -0.39 is 0 Å². The van der Waals surface area contributed by atoms with E-state index >= 15 is 0 Å². The van der Waals surface area contributed by atoms with Gasteiger partial charge in [-0.1, -0.05) is 43.7 Å². The zero-order valence-corrected chi connectivity index (χ0v) is 14.1. The Bertz CT molecular complexity index is 839. The molecule has 5 nitrogen and oxygen atoms in total. The fraction of sp³-hybridized carbons (Fsp3) is 0.316. The third kappa shape index (κ3) is 3.30. The Morgan fingerprint density at radius 2 is 2.00 bits per heavy atom. The van der Waals surface area contributed by atoms with Crippen molar-refractivity contribution in [3.63, 3.8) is 0 Å². The van der Waals surface area contributed by atoms with Crippen LogP contribution in [0.5, 0.6) is 0 Å². The van der Waals surface area contributed by atoms with Crippen LogP contribution < -0.4 is 5.32 Å². The van der Waals surface area contributed by atoms with Crippen LogP contribution >= 0.6 is 0 Å². The molecule has 124 valence electrons. The van der Waals surface area contributed by atoms with E-state index in [1.807, 2.05) is 31.2 Å². The van der Waals surface area contributed by atoms with Crippen molar-refractivity contribution in [2.24, 2.45) is 0 Å². The summed E-state index contributed by atoms with van der Waals surface area (Å²) in [6.45, 7) is 4.96. The Kier molecular flexibility index (Phi) is 4.89. The quantitative estimate of drug-likeness (QED) is 0.708. The van der Waals surface area contributed by atoms with Crippen molar-refractivity contribution in [1.82, 2.24) is 20.1 Å². The number of hydrogen-bond donors (Lipinski definition) is 1. The van der Waals surface area contributed by atoms with E-state index in [4.69, 9.17) is 0 Å². The average molecular weight is 322 g/mol. The molecule has 3 rings (SSSR count). The molecule has 0 atom stereocenters. The summed E-state index contributed by atoms with van der Waals surface area (Å²) in [6, 6.07) is 12.2. The minimum absolute atomic E-state index is 0.0280. The second-order valence-corrected chi connectivity index (χ2v) is 5.87. The number of nitrogens with zero attached hydrogens (tertiary/aromatic N) is 3. The zero-order valence-electron chi connectivity index (χ0n) is 14.1. The monoisotopic (exact) mass is 322 g/mol. The normalized spacial score (nSPS) is 10.9. The highest BCUT2D eigenvalue weighted by Gasteiger charge is 2.15. The second-order valence-electron chi connectivity index (χ2n) is 5.87. The second kappa shape index (κ2) is 7.25. The molecule has 1 aromatic carbocycles. The number of carbonyl (C=O) groups excluding carboxylic acids is 1. The van der Waals surface area contributed by atoms with Crippen LogP contribution in [0.15, 0.2) is 42.6 Å². The molecule has 24 heavy (non-hydrogen) atoms. The first-order chi connectivity index (χ1) is 11.7. The number of benzene rings is 1. The van der Waals surface area contributed by atoms with Crippen LogP contribution in [0.25, 0.3) is 22.2 Å². The first kappa shape index (κ1) is 16.2. The SMILES string of the molecule is CCCCNC(=O)Cn1nc(C)c2c(-c3ccccc3)ccnc21. The molecule has 0 radical (unpaired) electrons. The number of nitrogens with one attached hydrogen (secondary N) is 1. The van der Waals surface area contributed by atoms with E-state index in [1.165, 1.54) is 0 Å². The number of carbonyl (C=O) groups is 1. The van der Waals surface area contributed by atoms with Crippen LogP contribution in [-0.4, -0.2) is 27.2 Å². The first-order valence-corrected chi connectivity index (χ1v) is 8.35. The molecule has 0 saturated heterocycles. The molecule has 0 spiro atoms. The summed E-state index contributed by atoms with van der Waals surface area (Å²) >= 11 is 0.